The minimum absolute atomic E-state index is 0.109. The van der Waals surface area contributed by atoms with E-state index >= 15 is 0 Å². The molecule has 3 fully saturated rings. The van der Waals surface area contributed by atoms with Crippen molar-refractivity contribution < 1.29 is 4.79 Å². The molecule has 0 spiro atoms. The molecule has 5 aliphatic rings. The number of carbonyl (C=O) groups excluding carboxylic acids is 1. The van der Waals surface area contributed by atoms with Crippen molar-refractivity contribution >= 4 is 16.8 Å². The number of carbonyl (C=O) groups is 1. The van der Waals surface area contributed by atoms with Gasteiger partial charge in [0, 0.05) is 28.6 Å². The van der Waals surface area contributed by atoms with Crippen LogP contribution in [0.2, 0.25) is 0 Å². The van der Waals surface area contributed by atoms with Gasteiger partial charge in [0.2, 0.25) is 5.91 Å². The SMILES string of the molecule is CC1(C)CC[C@]2(C(=O)NCCCNCCCCNCCCN)CC[C@]3(C)C(=CC[C@@H]4[C@@]5(C)Cc6c([nH]c7ccccc67)C(C)(C)[C@@H]5CC[C@]43C)[C@H]2C1. The van der Waals surface area contributed by atoms with Gasteiger partial charge in [0.25, 0.3) is 0 Å². The lowest BCUT2D eigenvalue weighted by Gasteiger charge is -2.70. The van der Waals surface area contributed by atoms with Crippen LogP contribution < -0.4 is 21.7 Å². The number of aromatic nitrogens is 1. The molecule has 0 saturated heterocycles. The highest BCUT2D eigenvalue weighted by Gasteiger charge is 2.69. The fourth-order valence-corrected chi connectivity index (χ4v) is 13.5. The van der Waals surface area contributed by atoms with E-state index < -0.39 is 0 Å². The van der Waals surface area contributed by atoms with Crippen molar-refractivity contribution in [1.29, 1.82) is 0 Å². The molecule has 1 aromatic heterocycles. The molecule has 0 aliphatic heterocycles. The Kier molecular flexibility index (Phi) is 10.4. The molecule has 5 aliphatic carbocycles. The lowest BCUT2D eigenvalue weighted by molar-refractivity contribution is -0.167. The van der Waals surface area contributed by atoms with E-state index in [4.69, 9.17) is 5.73 Å². The third-order valence-electron chi connectivity index (χ3n) is 16.6. The van der Waals surface area contributed by atoms with Crippen LogP contribution in [-0.4, -0.2) is 50.2 Å². The van der Waals surface area contributed by atoms with Crippen molar-refractivity contribution in [3.8, 4) is 0 Å². The van der Waals surface area contributed by atoms with Gasteiger partial charge in [-0.3, -0.25) is 4.79 Å². The van der Waals surface area contributed by atoms with Crippen LogP contribution in [-0.2, 0) is 16.6 Å². The van der Waals surface area contributed by atoms with E-state index in [-0.39, 0.29) is 32.5 Å². The molecule has 1 amide bonds. The van der Waals surface area contributed by atoms with Gasteiger partial charge in [-0.2, -0.15) is 0 Å². The quantitative estimate of drug-likeness (QED) is 0.106. The Morgan fingerprint density at radius 1 is 0.827 bits per heavy atom. The summed E-state index contributed by atoms with van der Waals surface area (Å²) in [6.45, 7) is 23.7. The van der Waals surface area contributed by atoms with E-state index in [0.717, 1.165) is 90.6 Å². The van der Waals surface area contributed by atoms with Crippen LogP contribution in [0.4, 0.5) is 0 Å². The van der Waals surface area contributed by atoms with Crippen LogP contribution in [0.1, 0.15) is 137 Å². The maximum Gasteiger partial charge on any atom is 0.226 e. The van der Waals surface area contributed by atoms with E-state index in [1.807, 2.05) is 0 Å². The highest BCUT2D eigenvalue weighted by molar-refractivity contribution is 5.86. The normalized spacial score (nSPS) is 35.8. The summed E-state index contributed by atoms with van der Waals surface area (Å²) in [5.74, 6) is 1.98. The first-order valence-electron chi connectivity index (χ1n) is 21.4. The van der Waals surface area contributed by atoms with Gasteiger partial charge in [-0.25, -0.2) is 0 Å². The predicted octanol–water partition coefficient (Wildman–Crippen LogP) is 8.80. The zero-order valence-electron chi connectivity index (χ0n) is 34.0. The molecule has 0 bridgehead atoms. The Labute approximate surface area is 316 Å². The molecule has 6 nitrogen and oxygen atoms in total. The van der Waals surface area contributed by atoms with Gasteiger partial charge in [-0.05, 0) is 167 Å². The molecule has 6 heteroatoms. The number of aromatic amines is 1. The van der Waals surface area contributed by atoms with Gasteiger partial charge in [-0.1, -0.05) is 78.3 Å². The minimum Gasteiger partial charge on any atom is -0.358 e. The van der Waals surface area contributed by atoms with E-state index in [9.17, 15) is 4.79 Å². The highest BCUT2D eigenvalue weighted by Crippen LogP contribution is 2.75. The molecule has 52 heavy (non-hydrogen) atoms. The lowest BCUT2D eigenvalue weighted by atomic mass is 9.33. The fourth-order valence-electron chi connectivity index (χ4n) is 13.5. The van der Waals surface area contributed by atoms with Crippen LogP contribution in [0.5, 0.6) is 0 Å². The summed E-state index contributed by atoms with van der Waals surface area (Å²) >= 11 is 0. The second kappa shape index (κ2) is 14.2. The van der Waals surface area contributed by atoms with Crippen LogP contribution in [0.3, 0.4) is 0 Å². The lowest BCUT2D eigenvalue weighted by Crippen LogP contribution is -2.65. The largest absolute Gasteiger partial charge is 0.358 e. The third-order valence-corrected chi connectivity index (χ3v) is 16.6. The first-order valence-corrected chi connectivity index (χ1v) is 21.4. The minimum atomic E-state index is -0.263. The summed E-state index contributed by atoms with van der Waals surface area (Å²) in [6, 6.07) is 9.03. The number of allylic oxidation sites excluding steroid dienone is 2. The smallest absolute Gasteiger partial charge is 0.226 e. The molecule has 1 heterocycles. The van der Waals surface area contributed by atoms with Crippen LogP contribution in [0.25, 0.3) is 10.9 Å². The van der Waals surface area contributed by atoms with Gasteiger partial charge < -0.3 is 26.7 Å². The molecule has 2 aromatic rings. The molecule has 7 atom stereocenters. The maximum atomic E-state index is 14.5. The Morgan fingerprint density at radius 2 is 1.52 bits per heavy atom. The van der Waals surface area contributed by atoms with E-state index in [1.54, 1.807) is 11.1 Å². The predicted molar refractivity (Wildman–Crippen MR) is 217 cm³/mol. The standard InChI is InChI=1S/C46H73N5O/c1-41(2)20-22-46(40(52)50-29-13-28-49-26-11-10-25-48-27-12-24-47)23-21-44(6)34(35(46)31-41)16-17-38-43(5)30-33-32-14-8-9-15-36(32)51-39(33)42(3,4)37(43)18-19-45(38,44)7/h8-9,14-16,35,37-38,48-49,51H,10-13,17-31,47H2,1-7H3,(H,50,52)/t35-,37+,38-,43+,44-,45-,46+/m1/s1. The van der Waals surface area contributed by atoms with E-state index in [0.29, 0.717) is 23.7 Å². The Hall–Kier alpha value is -2.15. The summed E-state index contributed by atoms with van der Waals surface area (Å²) in [5, 5.41) is 12.0. The summed E-state index contributed by atoms with van der Waals surface area (Å²) < 4.78 is 0. The maximum absolute atomic E-state index is 14.5. The Bertz CT molecular complexity index is 1640. The van der Waals surface area contributed by atoms with Crippen molar-refractivity contribution in [1.82, 2.24) is 20.9 Å². The molecule has 6 N–H and O–H groups in total. The van der Waals surface area contributed by atoms with Crippen LogP contribution in [0, 0.1) is 44.8 Å². The van der Waals surface area contributed by atoms with Gasteiger partial charge in [0.1, 0.15) is 0 Å². The van der Waals surface area contributed by atoms with Gasteiger partial charge in [0.05, 0.1) is 5.41 Å². The van der Waals surface area contributed by atoms with Crippen molar-refractivity contribution in [2.45, 2.75) is 137 Å². The van der Waals surface area contributed by atoms with Crippen LogP contribution >= 0.6 is 0 Å². The van der Waals surface area contributed by atoms with Crippen molar-refractivity contribution in [3.05, 3.63) is 47.2 Å². The van der Waals surface area contributed by atoms with Crippen molar-refractivity contribution in [3.63, 3.8) is 0 Å². The summed E-state index contributed by atoms with van der Waals surface area (Å²) in [4.78, 5) is 18.4. The summed E-state index contributed by atoms with van der Waals surface area (Å²) in [7, 11) is 0. The second-order valence-corrected chi connectivity index (χ2v) is 20.3. The number of para-hydroxylation sites is 1. The third kappa shape index (κ3) is 6.13. The number of rotatable bonds is 13. The Morgan fingerprint density at radius 3 is 2.27 bits per heavy atom. The molecule has 3 saturated carbocycles. The molecule has 0 radical (unpaired) electrons. The fraction of sp³-hybridized carbons (Fsp3) is 0.761. The highest BCUT2D eigenvalue weighted by atomic mass is 16.2. The number of benzene rings is 1. The number of hydrogen-bond acceptors (Lipinski definition) is 4. The molecule has 7 rings (SSSR count). The van der Waals surface area contributed by atoms with E-state index in [1.165, 1.54) is 48.7 Å². The average Bonchev–Trinajstić information content (AvgIpc) is 3.47. The Balaban J connectivity index is 1.08. The van der Waals surface area contributed by atoms with Crippen molar-refractivity contribution in [2.24, 2.45) is 50.6 Å². The number of fused-ring (bicyclic) bond motifs is 10. The number of hydrogen-bond donors (Lipinski definition) is 5. The molecule has 1 aromatic carbocycles. The van der Waals surface area contributed by atoms with Gasteiger partial charge in [-0.15, -0.1) is 0 Å². The molecular weight excluding hydrogens is 639 g/mol. The number of unbranched alkanes of at least 4 members (excludes halogenated alkanes) is 1. The molecular formula is C46H73N5O. The zero-order chi connectivity index (χ0) is 37.0. The number of nitrogens with one attached hydrogen (secondary N) is 4. The monoisotopic (exact) mass is 712 g/mol. The first kappa shape index (κ1) is 38.1. The molecule has 0 unspecified atom stereocenters. The zero-order valence-corrected chi connectivity index (χ0v) is 34.0. The second-order valence-electron chi connectivity index (χ2n) is 20.3. The first-order chi connectivity index (χ1) is 24.7. The topological polar surface area (TPSA) is 95.0 Å². The number of amides is 1. The van der Waals surface area contributed by atoms with E-state index in [2.05, 4.69) is 99.7 Å². The summed E-state index contributed by atoms with van der Waals surface area (Å²) in [5.41, 5.74) is 12.3. The van der Waals surface area contributed by atoms with Gasteiger partial charge in [0.15, 0.2) is 0 Å². The number of H-pyrrole nitrogens is 1. The van der Waals surface area contributed by atoms with Crippen LogP contribution in [0.15, 0.2) is 35.9 Å². The molecule has 288 valence electrons. The summed E-state index contributed by atoms with van der Waals surface area (Å²) in [6.07, 6.45) is 17.5. The van der Waals surface area contributed by atoms with Crippen molar-refractivity contribution in [2.75, 3.05) is 39.3 Å². The average molecular weight is 712 g/mol. The number of nitrogens with two attached hydrogens (primary N) is 1. The van der Waals surface area contributed by atoms with Gasteiger partial charge >= 0.3 is 0 Å².